The van der Waals surface area contributed by atoms with E-state index in [9.17, 15) is 4.79 Å². The van der Waals surface area contributed by atoms with Gasteiger partial charge in [0, 0.05) is 12.0 Å². The Morgan fingerprint density at radius 3 is 2.31 bits per heavy atom. The molecule has 1 saturated carbocycles. The molecule has 0 atom stereocenters. The maximum absolute atomic E-state index is 12.3. The Hall–Kier alpha value is -2.11. The van der Waals surface area contributed by atoms with Gasteiger partial charge in [-0.1, -0.05) is 35.3 Å². The Morgan fingerprint density at radius 1 is 1.08 bits per heavy atom. The summed E-state index contributed by atoms with van der Waals surface area (Å²) in [5.74, 6) is 1.37. The summed E-state index contributed by atoms with van der Waals surface area (Å²) >= 11 is 12.2. The standard InChI is InChI=1S/C19H20Cl2N2O3/c1-25-15-7-6-12(10-16(15)26-2)19(8-9-19)11-22-18(24)23-17-13(20)4-3-5-14(17)21/h3-7,10H,8-9,11H2,1-2H3,(H2,22,23,24). The average molecular weight is 395 g/mol. The monoisotopic (exact) mass is 394 g/mol. The van der Waals surface area contributed by atoms with Crippen LogP contribution >= 0.6 is 23.2 Å². The van der Waals surface area contributed by atoms with Crippen molar-refractivity contribution in [3.63, 3.8) is 0 Å². The topological polar surface area (TPSA) is 59.6 Å². The molecule has 3 rings (SSSR count). The molecule has 1 aliphatic rings. The van der Waals surface area contributed by atoms with Crippen molar-refractivity contribution in [3.8, 4) is 11.5 Å². The van der Waals surface area contributed by atoms with Gasteiger partial charge in [0.05, 0.1) is 30.0 Å². The van der Waals surface area contributed by atoms with Crippen molar-refractivity contribution >= 4 is 34.9 Å². The van der Waals surface area contributed by atoms with Crippen LogP contribution < -0.4 is 20.1 Å². The minimum Gasteiger partial charge on any atom is -0.493 e. The lowest BCUT2D eigenvalue weighted by Crippen LogP contribution is -2.35. The summed E-state index contributed by atoms with van der Waals surface area (Å²) in [5.41, 5.74) is 1.44. The van der Waals surface area contributed by atoms with Gasteiger partial charge in [-0.15, -0.1) is 0 Å². The zero-order valence-electron chi connectivity index (χ0n) is 14.6. The number of hydrogen-bond acceptors (Lipinski definition) is 3. The van der Waals surface area contributed by atoms with Gasteiger partial charge in [0.1, 0.15) is 0 Å². The van der Waals surface area contributed by atoms with Gasteiger partial charge in [-0.05, 0) is 42.7 Å². The summed E-state index contributed by atoms with van der Waals surface area (Å²) in [6.45, 7) is 0.510. The molecule has 0 spiro atoms. The summed E-state index contributed by atoms with van der Waals surface area (Å²) in [6.07, 6.45) is 1.99. The van der Waals surface area contributed by atoms with Crippen LogP contribution in [0.5, 0.6) is 11.5 Å². The van der Waals surface area contributed by atoms with Gasteiger partial charge in [-0.25, -0.2) is 4.79 Å². The maximum atomic E-state index is 12.3. The summed E-state index contributed by atoms with van der Waals surface area (Å²) in [6, 6.07) is 10.6. The fourth-order valence-electron chi connectivity index (χ4n) is 2.91. The number of hydrogen-bond donors (Lipinski definition) is 2. The average Bonchev–Trinajstić information content (AvgIpc) is 3.44. The van der Waals surface area contributed by atoms with E-state index in [0.29, 0.717) is 33.8 Å². The minimum absolute atomic E-state index is 0.0822. The van der Waals surface area contributed by atoms with Crippen LogP contribution in [0, 0.1) is 0 Å². The lowest BCUT2D eigenvalue weighted by molar-refractivity contribution is 0.251. The molecule has 2 aromatic carbocycles. The van der Waals surface area contributed by atoms with Crippen LogP contribution in [0.3, 0.4) is 0 Å². The summed E-state index contributed by atoms with van der Waals surface area (Å²) in [5, 5.41) is 6.42. The Kier molecular flexibility index (Phi) is 5.49. The molecule has 138 valence electrons. The minimum atomic E-state index is -0.341. The van der Waals surface area contributed by atoms with E-state index in [0.717, 1.165) is 18.4 Å². The summed E-state index contributed by atoms with van der Waals surface area (Å²) < 4.78 is 10.7. The Bertz CT molecular complexity index is 802. The quantitative estimate of drug-likeness (QED) is 0.734. The van der Waals surface area contributed by atoms with E-state index >= 15 is 0 Å². The van der Waals surface area contributed by atoms with Crippen molar-refractivity contribution in [1.29, 1.82) is 0 Å². The molecule has 5 nitrogen and oxygen atoms in total. The third kappa shape index (κ3) is 3.84. The number of halogens is 2. The highest BCUT2D eigenvalue weighted by Crippen LogP contribution is 2.49. The number of carbonyl (C=O) groups is 1. The highest BCUT2D eigenvalue weighted by molar-refractivity contribution is 6.39. The zero-order valence-corrected chi connectivity index (χ0v) is 16.1. The van der Waals surface area contributed by atoms with Gasteiger partial charge < -0.3 is 20.1 Å². The number of anilines is 1. The number of urea groups is 1. The SMILES string of the molecule is COc1ccc(C2(CNC(=O)Nc3c(Cl)cccc3Cl)CC2)cc1OC. The van der Waals surface area contributed by atoms with Gasteiger partial charge in [0.2, 0.25) is 0 Å². The van der Waals surface area contributed by atoms with E-state index in [1.54, 1.807) is 32.4 Å². The maximum Gasteiger partial charge on any atom is 0.319 e. The van der Waals surface area contributed by atoms with Crippen LogP contribution in [0.1, 0.15) is 18.4 Å². The van der Waals surface area contributed by atoms with E-state index in [1.165, 1.54) is 0 Å². The smallest absolute Gasteiger partial charge is 0.319 e. The first-order chi connectivity index (χ1) is 12.5. The number of para-hydroxylation sites is 1. The molecule has 0 bridgehead atoms. The normalized spacial score (nSPS) is 14.5. The van der Waals surface area contributed by atoms with Gasteiger partial charge in [0.15, 0.2) is 11.5 Å². The van der Waals surface area contributed by atoms with Crippen molar-refractivity contribution in [1.82, 2.24) is 5.32 Å². The molecular weight excluding hydrogens is 375 g/mol. The van der Waals surface area contributed by atoms with Crippen molar-refractivity contribution in [3.05, 3.63) is 52.0 Å². The lowest BCUT2D eigenvalue weighted by atomic mass is 9.95. The first kappa shape index (κ1) is 18.7. The molecule has 0 radical (unpaired) electrons. The van der Waals surface area contributed by atoms with Crippen LogP contribution in [-0.4, -0.2) is 26.8 Å². The molecule has 26 heavy (non-hydrogen) atoms. The number of carbonyl (C=O) groups excluding carboxylic acids is 1. The fraction of sp³-hybridized carbons (Fsp3) is 0.316. The highest BCUT2D eigenvalue weighted by atomic mass is 35.5. The van der Waals surface area contributed by atoms with E-state index in [4.69, 9.17) is 32.7 Å². The molecule has 7 heteroatoms. The lowest BCUT2D eigenvalue weighted by Gasteiger charge is -2.19. The van der Waals surface area contributed by atoms with Gasteiger partial charge >= 0.3 is 6.03 Å². The van der Waals surface area contributed by atoms with Crippen molar-refractivity contribution in [2.75, 3.05) is 26.1 Å². The molecule has 0 saturated heterocycles. The second kappa shape index (κ2) is 7.64. The highest BCUT2D eigenvalue weighted by Gasteiger charge is 2.44. The largest absolute Gasteiger partial charge is 0.493 e. The fourth-order valence-corrected chi connectivity index (χ4v) is 3.40. The van der Waals surface area contributed by atoms with E-state index in [-0.39, 0.29) is 11.4 Å². The first-order valence-electron chi connectivity index (χ1n) is 8.20. The predicted molar refractivity (Wildman–Crippen MR) is 104 cm³/mol. The third-order valence-electron chi connectivity index (χ3n) is 4.64. The second-order valence-electron chi connectivity index (χ2n) is 6.25. The molecule has 2 aromatic rings. The Morgan fingerprint density at radius 2 is 1.73 bits per heavy atom. The van der Waals surface area contributed by atoms with E-state index in [2.05, 4.69) is 10.6 Å². The molecule has 0 aliphatic heterocycles. The molecular formula is C19H20Cl2N2O3. The zero-order chi connectivity index (χ0) is 18.7. The van der Waals surface area contributed by atoms with Crippen molar-refractivity contribution in [2.45, 2.75) is 18.3 Å². The Balaban J connectivity index is 1.67. The predicted octanol–water partition coefficient (Wildman–Crippen LogP) is 4.86. The molecule has 2 amide bonds. The van der Waals surface area contributed by atoms with Crippen LogP contribution in [0.2, 0.25) is 10.0 Å². The van der Waals surface area contributed by atoms with Crippen LogP contribution in [0.15, 0.2) is 36.4 Å². The Labute approximate surface area is 162 Å². The second-order valence-corrected chi connectivity index (χ2v) is 7.07. The number of methoxy groups -OCH3 is 2. The van der Waals surface area contributed by atoms with Gasteiger partial charge in [-0.3, -0.25) is 0 Å². The van der Waals surface area contributed by atoms with Crippen LogP contribution in [0.25, 0.3) is 0 Å². The summed E-state index contributed by atoms with van der Waals surface area (Å²) in [7, 11) is 3.22. The van der Waals surface area contributed by atoms with E-state index in [1.807, 2.05) is 18.2 Å². The molecule has 1 fully saturated rings. The molecule has 2 N–H and O–H groups in total. The number of rotatable bonds is 6. The third-order valence-corrected chi connectivity index (χ3v) is 5.27. The first-order valence-corrected chi connectivity index (χ1v) is 8.96. The van der Waals surface area contributed by atoms with Crippen LogP contribution in [-0.2, 0) is 5.41 Å². The molecule has 0 heterocycles. The molecule has 1 aliphatic carbocycles. The number of benzene rings is 2. The molecule has 0 aromatic heterocycles. The summed E-state index contributed by atoms with van der Waals surface area (Å²) in [4.78, 5) is 12.3. The van der Waals surface area contributed by atoms with Crippen LogP contribution in [0.4, 0.5) is 10.5 Å². The van der Waals surface area contributed by atoms with E-state index < -0.39 is 0 Å². The van der Waals surface area contributed by atoms with Gasteiger partial charge in [0.25, 0.3) is 0 Å². The number of nitrogens with one attached hydrogen (secondary N) is 2. The van der Waals surface area contributed by atoms with Crippen molar-refractivity contribution in [2.24, 2.45) is 0 Å². The number of ether oxygens (including phenoxy) is 2. The van der Waals surface area contributed by atoms with Crippen molar-refractivity contribution < 1.29 is 14.3 Å². The number of amides is 2. The molecule has 0 unspecified atom stereocenters. The van der Waals surface area contributed by atoms with Gasteiger partial charge in [-0.2, -0.15) is 0 Å².